The molecule has 3 aromatic heterocycles. The molecule has 0 saturated heterocycles. The Morgan fingerprint density at radius 1 is 1.11 bits per heavy atom. The summed E-state index contributed by atoms with van der Waals surface area (Å²) < 4.78 is 15.5. The number of aromatic amines is 1. The van der Waals surface area contributed by atoms with Crippen molar-refractivity contribution in [3.05, 3.63) is 56.8 Å². The zero-order chi connectivity index (χ0) is 19.4. The van der Waals surface area contributed by atoms with Crippen LogP contribution >= 0.6 is 23.2 Å². The Balaban J connectivity index is 1.63. The summed E-state index contributed by atoms with van der Waals surface area (Å²) >= 11 is 12.0. The summed E-state index contributed by atoms with van der Waals surface area (Å²) in [6.07, 6.45) is 5.03. The zero-order valence-corrected chi connectivity index (χ0v) is 16.0. The number of carbonyl (C=O) groups is 1. The van der Waals surface area contributed by atoms with Crippen LogP contribution in [0.1, 0.15) is 27.2 Å². The molecule has 0 atom stereocenters. The topological polar surface area (TPSA) is 82.7 Å². The Bertz CT molecular complexity index is 1140. The Morgan fingerprint density at radius 3 is 2.82 bits per heavy atom. The van der Waals surface area contributed by atoms with Gasteiger partial charge in [0, 0.05) is 42.7 Å². The fourth-order valence-corrected chi connectivity index (χ4v) is 4.19. The summed E-state index contributed by atoms with van der Waals surface area (Å²) in [7, 11) is 0. The minimum absolute atomic E-state index is 0.0350. The van der Waals surface area contributed by atoms with Gasteiger partial charge in [0.2, 0.25) is 0 Å². The third-order valence-corrected chi connectivity index (χ3v) is 5.64. The molecule has 3 aromatic rings. The van der Waals surface area contributed by atoms with E-state index in [1.807, 2.05) is 0 Å². The van der Waals surface area contributed by atoms with Gasteiger partial charge in [0.1, 0.15) is 5.15 Å². The van der Waals surface area contributed by atoms with E-state index in [-0.39, 0.29) is 16.9 Å². The fraction of sp³-hybridized carbons (Fsp3) is 0.211. The van der Waals surface area contributed by atoms with Crippen molar-refractivity contribution >= 4 is 40.6 Å². The van der Waals surface area contributed by atoms with E-state index in [0.717, 1.165) is 16.8 Å². The van der Waals surface area contributed by atoms with Crippen molar-refractivity contribution in [3.63, 3.8) is 0 Å². The second kappa shape index (κ2) is 6.46. The van der Waals surface area contributed by atoms with E-state index >= 15 is 4.39 Å². The normalized spacial score (nSPS) is 14.8. The monoisotopic (exact) mass is 417 g/mol. The van der Waals surface area contributed by atoms with E-state index in [0.29, 0.717) is 53.3 Å². The lowest BCUT2D eigenvalue weighted by Gasteiger charge is -2.20. The van der Waals surface area contributed by atoms with E-state index in [1.54, 1.807) is 6.20 Å². The molecule has 142 valence electrons. The maximum Gasteiger partial charge on any atom is 0.253 e. The summed E-state index contributed by atoms with van der Waals surface area (Å²) in [5.74, 6) is -0.567. The molecule has 0 radical (unpaired) electrons. The number of aromatic nitrogens is 3. The van der Waals surface area contributed by atoms with Gasteiger partial charge < -0.3 is 15.6 Å². The number of rotatable bonds is 2. The average molecular weight is 418 g/mol. The van der Waals surface area contributed by atoms with Gasteiger partial charge >= 0.3 is 0 Å². The molecule has 0 aromatic carbocycles. The van der Waals surface area contributed by atoms with Crippen LogP contribution in [0.3, 0.4) is 0 Å². The van der Waals surface area contributed by atoms with Gasteiger partial charge in [0.05, 0.1) is 22.0 Å². The Kier molecular flexibility index (Phi) is 4.03. The molecule has 1 aliphatic heterocycles. The Labute approximate surface area is 169 Å². The van der Waals surface area contributed by atoms with Crippen LogP contribution in [0.25, 0.3) is 11.3 Å². The van der Waals surface area contributed by atoms with Crippen LogP contribution < -0.4 is 10.6 Å². The second-order valence-electron chi connectivity index (χ2n) is 6.77. The molecule has 6 nitrogen and oxygen atoms in total. The van der Waals surface area contributed by atoms with E-state index in [2.05, 4.69) is 25.6 Å². The van der Waals surface area contributed by atoms with Crippen LogP contribution in [0, 0.1) is 5.82 Å². The maximum atomic E-state index is 15.5. The molecule has 0 fully saturated rings. The highest BCUT2D eigenvalue weighted by atomic mass is 35.5. The first-order valence-electron chi connectivity index (χ1n) is 8.80. The summed E-state index contributed by atoms with van der Waals surface area (Å²) in [6, 6.07) is 1.51. The quantitative estimate of drug-likeness (QED) is 0.549. The van der Waals surface area contributed by atoms with E-state index in [4.69, 9.17) is 23.2 Å². The van der Waals surface area contributed by atoms with Crippen LogP contribution in [-0.4, -0.2) is 27.4 Å². The summed E-state index contributed by atoms with van der Waals surface area (Å²) in [4.78, 5) is 23.7. The number of halogens is 3. The molecule has 1 aliphatic carbocycles. The molecule has 2 aliphatic rings. The lowest BCUT2D eigenvalue weighted by molar-refractivity contribution is 0.0945. The first kappa shape index (κ1) is 17.5. The lowest BCUT2D eigenvalue weighted by Crippen LogP contribution is -2.32. The third-order valence-electron chi connectivity index (χ3n) is 5.14. The predicted octanol–water partition coefficient (Wildman–Crippen LogP) is 4.05. The number of H-pyrrole nitrogens is 1. The van der Waals surface area contributed by atoms with Gasteiger partial charge in [-0.25, -0.2) is 14.4 Å². The maximum absolute atomic E-state index is 15.5. The van der Waals surface area contributed by atoms with Crippen molar-refractivity contribution in [1.82, 2.24) is 20.3 Å². The standard InChI is InChI=1S/C19H14Cl2FN5O/c20-10-7-24-13(21)5-12(10)27-18-16(22)14-8(6-25-18)1-2-9-15-11(26-17(9)14)3-4-23-19(15)28/h5-7,26H,1-4H2,(H,23,28)(H,24,25,27). The molecule has 3 N–H and O–H groups in total. The highest BCUT2D eigenvalue weighted by Crippen LogP contribution is 2.40. The third kappa shape index (κ3) is 2.65. The number of pyridine rings is 2. The van der Waals surface area contributed by atoms with Crippen LogP contribution in [0.5, 0.6) is 0 Å². The fourth-order valence-electron chi connectivity index (χ4n) is 3.88. The summed E-state index contributed by atoms with van der Waals surface area (Å²) in [6.45, 7) is 0.574. The van der Waals surface area contributed by atoms with Crippen molar-refractivity contribution in [2.24, 2.45) is 0 Å². The molecule has 4 heterocycles. The van der Waals surface area contributed by atoms with Crippen LogP contribution in [0.2, 0.25) is 10.2 Å². The molecule has 1 amide bonds. The Hall–Kier alpha value is -2.64. The number of hydrogen-bond donors (Lipinski definition) is 3. The number of nitrogens with one attached hydrogen (secondary N) is 3. The molecule has 0 bridgehead atoms. The van der Waals surface area contributed by atoms with E-state index < -0.39 is 5.82 Å². The highest BCUT2D eigenvalue weighted by molar-refractivity contribution is 6.34. The van der Waals surface area contributed by atoms with Crippen molar-refractivity contribution < 1.29 is 9.18 Å². The number of hydrogen-bond acceptors (Lipinski definition) is 4. The first-order valence-corrected chi connectivity index (χ1v) is 9.56. The van der Waals surface area contributed by atoms with Gasteiger partial charge in [0.25, 0.3) is 5.91 Å². The van der Waals surface area contributed by atoms with E-state index in [1.165, 1.54) is 12.3 Å². The second-order valence-corrected chi connectivity index (χ2v) is 7.57. The number of amides is 1. The van der Waals surface area contributed by atoms with Gasteiger partial charge in [0.15, 0.2) is 11.6 Å². The SMILES string of the molecule is O=C1NCCc2[nH]c3c(c21)CCc1cnc(Nc2cc(Cl)ncc2Cl)c(F)c1-3. The van der Waals surface area contributed by atoms with Gasteiger partial charge in [-0.3, -0.25) is 4.79 Å². The van der Waals surface area contributed by atoms with E-state index in [9.17, 15) is 4.79 Å². The van der Waals surface area contributed by atoms with Crippen molar-refractivity contribution in [2.75, 3.05) is 11.9 Å². The molecule has 0 spiro atoms. The molecule has 28 heavy (non-hydrogen) atoms. The van der Waals surface area contributed by atoms with Crippen LogP contribution in [-0.2, 0) is 19.3 Å². The molecular formula is C19H14Cl2FN5O. The van der Waals surface area contributed by atoms with Gasteiger partial charge in [-0.05, 0) is 24.0 Å². The molecule has 0 saturated carbocycles. The minimum Gasteiger partial charge on any atom is -0.357 e. The molecule has 0 unspecified atom stereocenters. The minimum atomic E-state index is -0.499. The molecular weight excluding hydrogens is 404 g/mol. The smallest absolute Gasteiger partial charge is 0.253 e. The number of nitrogens with zero attached hydrogens (tertiary/aromatic N) is 2. The largest absolute Gasteiger partial charge is 0.357 e. The van der Waals surface area contributed by atoms with Gasteiger partial charge in [-0.1, -0.05) is 23.2 Å². The number of fused-ring (bicyclic) bond motifs is 5. The van der Waals surface area contributed by atoms with Crippen molar-refractivity contribution in [3.8, 4) is 11.3 Å². The summed E-state index contributed by atoms with van der Waals surface area (Å²) in [5, 5.41) is 6.29. The number of carbonyl (C=O) groups excluding carboxylic acids is 1. The van der Waals surface area contributed by atoms with Crippen LogP contribution in [0.4, 0.5) is 15.9 Å². The molecule has 5 rings (SSSR count). The number of aryl methyl sites for hydroxylation is 1. The average Bonchev–Trinajstić information content (AvgIpc) is 3.06. The zero-order valence-electron chi connectivity index (χ0n) is 14.5. The van der Waals surface area contributed by atoms with Gasteiger partial charge in [-0.15, -0.1) is 0 Å². The van der Waals surface area contributed by atoms with Crippen LogP contribution in [0.15, 0.2) is 18.5 Å². The van der Waals surface area contributed by atoms with Crippen molar-refractivity contribution in [2.45, 2.75) is 19.3 Å². The predicted molar refractivity (Wildman–Crippen MR) is 105 cm³/mol. The first-order chi connectivity index (χ1) is 13.5. The lowest BCUT2D eigenvalue weighted by atomic mass is 9.88. The molecule has 9 heteroatoms. The summed E-state index contributed by atoms with van der Waals surface area (Å²) in [5.41, 5.74) is 4.68. The van der Waals surface area contributed by atoms with Gasteiger partial charge in [-0.2, -0.15) is 0 Å². The van der Waals surface area contributed by atoms with Crippen molar-refractivity contribution in [1.29, 1.82) is 0 Å². The highest BCUT2D eigenvalue weighted by Gasteiger charge is 2.32. The number of anilines is 2. The Morgan fingerprint density at radius 2 is 1.96 bits per heavy atom.